The summed E-state index contributed by atoms with van der Waals surface area (Å²) in [7, 11) is 1.63. The molecule has 0 unspecified atom stereocenters. The number of ether oxygens (including phenoxy) is 2. The van der Waals surface area contributed by atoms with Crippen molar-refractivity contribution < 1.29 is 14.3 Å². The van der Waals surface area contributed by atoms with Crippen molar-refractivity contribution in [2.45, 2.75) is 38.3 Å². The lowest BCUT2D eigenvalue weighted by atomic mass is 9.89. The Labute approximate surface area is 153 Å². The first-order valence-corrected chi connectivity index (χ1v) is 8.65. The minimum Gasteiger partial charge on any atom is -0.497 e. The van der Waals surface area contributed by atoms with E-state index in [0.29, 0.717) is 11.4 Å². The Balaban J connectivity index is 1.82. The largest absolute Gasteiger partial charge is 0.497 e. The number of hydrogen-bond acceptors (Lipinski definition) is 3. The zero-order valence-corrected chi connectivity index (χ0v) is 15.4. The van der Waals surface area contributed by atoms with Crippen LogP contribution in [0.1, 0.15) is 37.4 Å². The Hall–Kier alpha value is -2.20. The highest BCUT2D eigenvalue weighted by Crippen LogP contribution is 2.41. The minimum atomic E-state index is -0.357. The Morgan fingerprint density at radius 1 is 1.32 bits per heavy atom. The Bertz CT molecular complexity index is 788. The molecule has 1 aliphatic rings. The monoisotopic (exact) mass is 359 g/mol. The van der Waals surface area contributed by atoms with Crippen LogP contribution >= 0.6 is 11.6 Å². The van der Waals surface area contributed by atoms with Gasteiger partial charge < -0.3 is 14.8 Å². The minimum absolute atomic E-state index is 0.0652. The Morgan fingerprint density at radius 2 is 2.08 bits per heavy atom. The predicted molar refractivity (Wildman–Crippen MR) is 98.4 cm³/mol. The maximum Gasteiger partial charge on any atom is 0.224 e. The molecule has 1 N–H and O–H groups in total. The third kappa shape index (κ3) is 4.07. The fraction of sp³-hybridized carbons (Fsp3) is 0.350. The van der Waals surface area contributed by atoms with E-state index in [9.17, 15) is 4.79 Å². The van der Waals surface area contributed by atoms with Crippen molar-refractivity contribution in [1.82, 2.24) is 5.32 Å². The average molecular weight is 360 g/mol. The molecule has 1 aliphatic heterocycles. The summed E-state index contributed by atoms with van der Waals surface area (Å²) in [6.07, 6.45) is 0.929. The number of fused-ring (bicyclic) bond motifs is 1. The summed E-state index contributed by atoms with van der Waals surface area (Å²) in [5, 5.41) is 3.73. The van der Waals surface area contributed by atoms with Crippen molar-refractivity contribution in [2.75, 3.05) is 7.11 Å². The molecule has 1 amide bonds. The second-order valence-corrected chi connectivity index (χ2v) is 7.27. The van der Waals surface area contributed by atoms with Crippen LogP contribution in [0.3, 0.4) is 0 Å². The molecule has 25 heavy (non-hydrogen) atoms. The molecule has 0 radical (unpaired) electrons. The summed E-state index contributed by atoms with van der Waals surface area (Å²) in [6.45, 7) is 4.04. The van der Waals surface area contributed by atoms with Crippen molar-refractivity contribution in [3.63, 3.8) is 0 Å². The molecule has 1 heterocycles. The lowest BCUT2D eigenvalue weighted by Crippen LogP contribution is -2.41. The molecule has 0 aliphatic carbocycles. The van der Waals surface area contributed by atoms with Gasteiger partial charge in [0.2, 0.25) is 5.91 Å². The number of carbonyl (C=O) groups excluding carboxylic acids is 1. The van der Waals surface area contributed by atoms with Gasteiger partial charge in [-0.15, -0.1) is 0 Å². The van der Waals surface area contributed by atoms with Gasteiger partial charge in [-0.05, 0) is 43.7 Å². The summed E-state index contributed by atoms with van der Waals surface area (Å²) < 4.78 is 11.4. The summed E-state index contributed by atoms with van der Waals surface area (Å²) in [5.74, 6) is 1.46. The first-order chi connectivity index (χ1) is 11.9. The molecular weight excluding hydrogens is 338 g/mol. The van der Waals surface area contributed by atoms with Crippen LogP contribution in [0.15, 0.2) is 42.5 Å². The number of amides is 1. The number of benzene rings is 2. The van der Waals surface area contributed by atoms with Crippen LogP contribution in [0.2, 0.25) is 5.02 Å². The zero-order chi connectivity index (χ0) is 18.0. The van der Waals surface area contributed by atoms with Crippen molar-refractivity contribution in [1.29, 1.82) is 0 Å². The smallest absolute Gasteiger partial charge is 0.224 e. The van der Waals surface area contributed by atoms with E-state index in [4.69, 9.17) is 21.1 Å². The molecule has 0 aromatic heterocycles. The Kier molecular flexibility index (Phi) is 4.91. The predicted octanol–water partition coefficient (Wildman–Crippen LogP) is 4.31. The van der Waals surface area contributed by atoms with E-state index in [0.717, 1.165) is 22.6 Å². The SMILES string of the molecule is COc1ccc2c(c1)[C@@H](NC(=O)Cc1ccccc1Cl)CC(C)(C)O2. The molecule has 0 saturated heterocycles. The number of methoxy groups -OCH3 is 1. The Morgan fingerprint density at radius 3 is 2.80 bits per heavy atom. The van der Waals surface area contributed by atoms with Gasteiger partial charge in [-0.1, -0.05) is 29.8 Å². The zero-order valence-electron chi connectivity index (χ0n) is 14.6. The van der Waals surface area contributed by atoms with Crippen molar-refractivity contribution in [3.8, 4) is 11.5 Å². The molecule has 0 bridgehead atoms. The van der Waals surface area contributed by atoms with E-state index in [1.54, 1.807) is 13.2 Å². The number of nitrogens with one attached hydrogen (secondary N) is 1. The van der Waals surface area contributed by atoms with Gasteiger partial charge in [0.05, 0.1) is 19.6 Å². The first-order valence-electron chi connectivity index (χ1n) is 8.28. The fourth-order valence-corrected chi connectivity index (χ4v) is 3.35. The van der Waals surface area contributed by atoms with Crippen LogP contribution in [-0.4, -0.2) is 18.6 Å². The van der Waals surface area contributed by atoms with Gasteiger partial charge in [0, 0.05) is 17.0 Å². The fourth-order valence-electron chi connectivity index (χ4n) is 3.15. The van der Waals surface area contributed by atoms with Crippen molar-refractivity contribution in [3.05, 3.63) is 58.6 Å². The molecule has 1 atom stereocenters. The third-order valence-corrected chi connectivity index (χ3v) is 4.69. The molecule has 0 saturated carbocycles. The molecule has 4 nitrogen and oxygen atoms in total. The number of halogens is 1. The van der Waals surface area contributed by atoms with Crippen molar-refractivity contribution in [2.24, 2.45) is 0 Å². The highest BCUT2D eigenvalue weighted by atomic mass is 35.5. The van der Waals surface area contributed by atoms with E-state index in [2.05, 4.69) is 5.32 Å². The van der Waals surface area contributed by atoms with Crippen LogP contribution in [0.25, 0.3) is 0 Å². The maximum atomic E-state index is 12.6. The number of rotatable bonds is 4. The van der Waals surface area contributed by atoms with Gasteiger partial charge in [0.15, 0.2) is 0 Å². The number of hydrogen-bond donors (Lipinski definition) is 1. The van der Waals surface area contributed by atoms with Gasteiger partial charge in [0.1, 0.15) is 17.1 Å². The van der Waals surface area contributed by atoms with Gasteiger partial charge >= 0.3 is 0 Å². The average Bonchev–Trinajstić information content (AvgIpc) is 2.55. The van der Waals surface area contributed by atoms with Crippen molar-refractivity contribution >= 4 is 17.5 Å². The van der Waals surface area contributed by atoms with Gasteiger partial charge in [0.25, 0.3) is 0 Å². The second kappa shape index (κ2) is 6.96. The highest BCUT2D eigenvalue weighted by molar-refractivity contribution is 6.31. The normalized spacial score (nSPS) is 18.0. The molecule has 2 aromatic rings. The molecule has 3 rings (SSSR count). The molecule has 0 spiro atoms. The molecular formula is C20H22ClNO3. The van der Waals surface area contributed by atoms with Crippen LogP contribution < -0.4 is 14.8 Å². The quantitative estimate of drug-likeness (QED) is 0.884. The maximum absolute atomic E-state index is 12.6. The van der Waals surface area contributed by atoms with Gasteiger partial charge in [-0.2, -0.15) is 0 Å². The highest BCUT2D eigenvalue weighted by Gasteiger charge is 2.34. The van der Waals surface area contributed by atoms with Gasteiger partial charge in [-0.25, -0.2) is 0 Å². The summed E-state index contributed by atoms with van der Waals surface area (Å²) in [5.41, 5.74) is 1.40. The van der Waals surface area contributed by atoms with E-state index < -0.39 is 0 Å². The van der Waals surface area contributed by atoms with E-state index >= 15 is 0 Å². The molecule has 2 aromatic carbocycles. The topological polar surface area (TPSA) is 47.6 Å². The van der Waals surface area contributed by atoms with E-state index in [1.807, 2.05) is 50.2 Å². The summed E-state index contributed by atoms with van der Waals surface area (Å²) >= 11 is 6.16. The van der Waals surface area contributed by atoms with Crippen LogP contribution in [0, 0.1) is 0 Å². The summed E-state index contributed by atoms with van der Waals surface area (Å²) in [6, 6.07) is 12.9. The van der Waals surface area contributed by atoms with Crippen LogP contribution in [-0.2, 0) is 11.2 Å². The molecule has 132 valence electrons. The van der Waals surface area contributed by atoms with Crippen LogP contribution in [0.5, 0.6) is 11.5 Å². The van der Waals surface area contributed by atoms with E-state index in [-0.39, 0.29) is 24.0 Å². The standard InChI is InChI=1S/C20H22ClNO3/c1-20(2)12-17(15-11-14(24-3)8-9-18(15)25-20)22-19(23)10-13-6-4-5-7-16(13)21/h4-9,11,17H,10,12H2,1-3H3,(H,22,23)/t17-/m0/s1. The lowest BCUT2D eigenvalue weighted by Gasteiger charge is -2.38. The molecule has 0 fully saturated rings. The van der Waals surface area contributed by atoms with E-state index in [1.165, 1.54) is 0 Å². The lowest BCUT2D eigenvalue weighted by molar-refractivity contribution is -0.121. The van der Waals surface area contributed by atoms with Gasteiger partial charge in [-0.3, -0.25) is 4.79 Å². The third-order valence-electron chi connectivity index (χ3n) is 4.32. The summed E-state index contributed by atoms with van der Waals surface area (Å²) in [4.78, 5) is 12.6. The molecule has 5 heteroatoms. The van der Waals surface area contributed by atoms with Crippen LogP contribution in [0.4, 0.5) is 0 Å². The second-order valence-electron chi connectivity index (χ2n) is 6.86. The number of carbonyl (C=O) groups is 1. The first kappa shape index (κ1) is 17.6.